The number of carbonyl (C=O) groups excluding carboxylic acids is 1. The summed E-state index contributed by atoms with van der Waals surface area (Å²) in [5, 5.41) is 14.2. The molecule has 2 saturated heterocycles. The van der Waals surface area contributed by atoms with Gasteiger partial charge in [-0.15, -0.1) is 0 Å². The number of hydrogen-bond acceptors (Lipinski definition) is 8. The van der Waals surface area contributed by atoms with Crippen molar-refractivity contribution >= 4 is 17.4 Å². The summed E-state index contributed by atoms with van der Waals surface area (Å²) in [6.45, 7) is 10.4. The Morgan fingerprint density at radius 1 is 1.10 bits per heavy atom. The van der Waals surface area contributed by atoms with Gasteiger partial charge in [0.1, 0.15) is 22.6 Å². The number of aromatic nitrogens is 5. The number of imidazole rings is 1. The first-order chi connectivity index (χ1) is 19.6. The van der Waals surface area contributed by atoms with Crippen molar-refractivity contribution in [3.05, 3.63) is 55.1 Å². The van der Waals surface area contributed by atoms with Crippen molar-refractivity contribution in [2.45, 2.75) is 38.3 Å². The standard InChI is InChI=1S/C30H35N9O2/c1-29(2,3)41-28(40)37-20-30(21-37,9-10-31)39-19-23(18-33-39)27-34-25(17-26-32-11-12-38(26)27)22-5-7-24(8-6-22)36-15-13-35(4)14-16-36/h5-8,11-12,17-19H,9,13-16,20-21H2,1-4H3. The molecule has 0 bridgehead atoms. The van der Waals surface area contributed by atoms with Gasteiger partial charge >= 0.3 is 6.09 Å². The predicted molar refractivity (Wildman–Crippen MR) is 155 cm³/mol. The minimum absolute atomic E-state index is 0.223. The molecule has 41 heavy (non-hydrogen) atoms. The second-order valence-corrected chi connectivity index (χ2v) is 12.0. The third kappa shape index (κ3) is 5.23. The summed E-state index contributed by atoms with van der Waals surface area (Å²) in [4.78, 5) is 28.5. The highest BCUT2D eigenvalue weighted by Gasteiger charge is 2.49. The molecule has 11 nitrogen and oxygen atoms in total. The van der Waals surface area contributed by atoms with Gasteiger partial charge in [0.15, 0.2) is 0 Å². The van der Waals surface area contributed by atoms with E-state index in [9.17, 15) is 10.1 Å². The lowest BCUT2D eigenvalue weighted by atomic mass is 9.87. The topological polar surface area (TPSA) is 108 Å². The molecule has 0 spiro atoms. The Bertz CT molecular complexity index is 1600. The van der Waals surface area contributed by atoms with Crippen LogP contribution in [0.4, 0.5) is 10.5 Å². The molecule has 4 aromatic rings. The number of rotatable bonds is 5. The SMILES string of the molecule is CN1CCN(c2ccc(-c3cc4nccn4c(-c4cnn(C5(CC#N)CN(C(=O)OC(C)(C)C)C5)c4)n3)cc2)CC1. The lowest BCUT2D eigenvalue weighted by Crippen LogP contribution is -2.64. The van der Waals surface area contributed by atoms with Crippen molar-refractivity contribution in [2.75, 3.05) is 51.2 Å². The molecule has 0 atom stereocenters. The molecular formula is C30H35N9O2. The van der Waals surface area contributed by atoms with Crippen LogP contribution in [0.25, 0.3) is 28.3 Å². The highest BCUT2D eigenvalue weighted by molar-refractivity contribution is 5.71. The Labute approximate surface area is 239 Å². The largest absolute Gasteiger partial charge is 0.444 e. The molecule has 0 N–H and O–H groups in total. The second-order valence-electron chi connectivity index (χ2n) is 12.0. The third-order valence-electron chi connectivity index (χ3n) is 7.78. The first-order valence-electron chi connectivity index (χ1n) is 13.9. The van der Waals surface area contributed by atoms with Gasteiger partial charge in [-0.25, -0.2) is 14.8 Å². The van der Waals surface area contributed by atoms with E-state index in [1.807, 2.05) is 43.6 Å². The van der Waals surface area contributed by atoms with Crippen LogP contribution in [-0.2, 0) is 10.3 Å². The van der Waals surface area contributed by atoms with E-state index in [2.05, 4.69) is 57.3 Å². The van der Waals surface area contributed by atoms with Crippen molar-refractivity contribution in [3.8, 4) is 28.7 Å². The number of likely N-dealkylation sites (N-methyl/N-ethyl adjacent to an activating group) is 1. The first-order valence-corrected chi connectivity index (χ1v) is 13.9. The molecule has 0 saturated carbocycles. The summed E-state index contributed by atoms with van der Waals surface area (Å²) in [6, 6.07) is 12.8. The first kappa shape index (κ1) is 26.8. The van der Waals surface area contributed by atoms with Crippen LogP contribution < -0.4 is 4.90 Å². The number of piperazine rings is 1. The second kappa shape index (κ2) is 10.2. The molecule has 3 aromatic heterocycles. The molecule has 2 aliphatic rings. The summed E-state index contributed by atoms with van der Waals surface area (Å²) in [5.74, 6) is 0.708. The van der Waals surface area contributed by atoms with Gasteiger partial charge in [-0.1, -0.05) is 12.1 Å². The highest BCUT2D eigenvalue weighted by atomic mass is 16.6. The van der Waals surface area contributed by atoms with Crippen molar-refractivity contribution < 1.29 is 9.53 Å². The van der Waals surface area contributed by atoms with Gasteiger partial charge in [0.2, 0.25) is 0 Å². The van der Waals surface area contributed by atoms with Crippen LogP contribution in [0, 0.1) is 11.3 Å². The maximum Gasteiger partial charge on any atom is 0.410 e. The van der Waals surface area contributed by atoms with Gasteiger partial charge in [-0.2, -0.15) is 10.4 Å². The average Bonchev–Trinajstić information content (AvgIpc) is 3.60. The van der Waals surface area contributed by atoms with E-state index in [1.54, 1.807) is 22.0 Å². The van der Waals surface area contributed by atoms with E-state index >= 15 is 0 Å². The lowest BCUT2D eigenvalue weighted by molar-refractivity contribution is -0.0314. The number of nitrogens with zero attached hydrogens (tertiary/aromatic N) is 9. The Hall–Kier alpha value is -4.43. The van der Waals surface area contributed by atoms with Gasteiger partial charge in [0.25, 0.3) is 0 Å². The molecule has 5 heterocycles. The zero-order valence-electron chi connectivity index (χ0n) is 24.0. The number of hydrogen-bond donors (Lipinski definition) is 0. The molecule has 0 aliphatic carbocycles. The van der Waals surface area contributed by atoms with Crippen molar-refractivity contribution in [1.29, 1.82) is 5.26 Å². The van der Waals surface area contributed by atoms with Gasteiger partial charge in [-0.3, -0.25) is 9.08 Å². The predicted octanol–water partition coefficient (Wildman–Crippen LogP) is 3.87. The molecule has 0 unspecified atom stereocenters. The third-order valence-corrected chi connectivity index (χ3v) is 7.78. The van der Waals surface area contributed by atoms with E-state index < -0.39 is 11.1 Å². The Balaban J connectivity index is 1.27. The fourth-order valence-electron chi connectivity index (χ4n) is 5.48. The number of anilines is 1. The van der Waals surface area contributed by atoms with Gasteiger partial charge in [-0.05, 0) is 40.0 Å². The zero-order valence-corrected chi connectivity index (χ0v) is 24.0. The van der Waals surface area contributed by atoms with E-state index in [0.29, 0.717) is 18.9 Å². The minimum Gasteiger partial charge on any atom is -0.444 e. The highest BCUT2D eigenvalue weighted by Crippen LogP contribution is 2.35. The van der Waals surface area contributed by atoms with Crippen molar-refractivity contribution in [2.24, 2.45) is 0 Å². The quantitative estimate of drug-likeness (QED) is 0.367. The molecule has 1 amide bonds. The van der Waals surface area contributed by atoms with Crippen LogP contribution in [0.2, 0.25) is 0 Å². The maximum absolute atomic E-state index is 12.6. The molecule has 11 heteroatoms. The molecule has 6 rings (SSSR count). The summed E-state index contributed by atoms with van der Waals surface area (Å²) in [7, 11) is 2.16. The van der Waals surface area contributed by atoms with Crippen LogP contribution in [0.1, 0.15) is 27.2 Å². The van der Waals surface area contributed by atoms with Crippen LogP contribution in [0.5, 0.6) is 0 Å². The summed E-state index contributed by atoms with van der Waals surface area (Å²) in [6.07, 6.45) is 7.15. The van der Waals surface area contributed by atoms with Gasteiger partial charge in [0.05, 0.1) is 43.0 Å². The fraction of sp³-hybridized carbons (Fsp3) is 0.433. The Kier molecular flexibility index (Phi) is 6.66. The molecule has 212 valence electrons. The van der Waals surface area contributed by atoms with E-state index in [4.69, 9.17) is 9.72 Å². The summed E-state index contributed by atoms with van der Waals surface area (Å²) in [5.41, 5.74) is 3.44. The molecule has 2 aliphatic heterocycles. The van der Waals surface area contributed by atoms with E-state index in [0.717, 1.165) is 48.6 Å². The molecule has 1 aromatic carbocycles. The number of carbonyl (C=O) groups is 1. The van der Waals surface area contributed by atoms with Crippen LogP contribution in [0.15, 0.2) is 55.1 Å². The number of benzene rings is 1. The smallest absolute Gasteiger partial charge is 0.410 e. The fourth-order valence-corrected chi connectivity index (χ4v) is 5.48. The summed E-state index contributed by atoms with van der Waals surface area (Å²) < 4.78 is 9.25. The number of amides is 1. The van der Waals surface area contributed by atoms with Gasteiger partial charge < -0.3 is 19.4 Å². The van der Waals surface area contributed by atoms with Crippen LogP contribution >= 0.6 is 0 Å². The minimum atomic E-state index is -0.616. The number of likely N-dealkylation sites (tertiary alicyclic amines) is 1. The molecule has 0 radical (unpaired) electrons. The number of ether oxygens (including phenoxy) is 1. The normalized spacial score (nSPS) is 17.3. The monoisotopic (exact) mass is 553 g/mol. The Morgan fingerprint density at radius 3 is 2.51 bits per heavy atom. The van der Waals surface area contributed by atoms with E-state index in [1.165, 1.54) is 5.69 Å². The zero-order chi connectivity index (χ0) is 28.8. The molecule has 2 fully saturated rings. The van der Waals surface area contributed by atoms with Crippen molar-refractivity contribution in [3.63, 3.8) is 0 Å². The van der Waals surface area contributed by atoms with Gasteiger partial charge in [0, 0.05) is 62.1 Å². The van der Waals surface area contributed by atoms with Crippen LogP contribution in [0.3, 0.4) is 0 Å². The summed E-state index contributed by atoms with van der Waals surface area (Å²) >= 11 is 0. The number of nitriles is 1. The van der Waals surface area contributed by atoms with Crippen molar-refractivity contribution in [1.82, 2.24) is 33.9 Å². The average molecular weight is 554 g/mol. The number of fused-ring (bicyclic) bond motifs is 1. The molecular weight excluding hydrogens is 518 g/mol. The Morgan fingerprint density at radius 2 is 1.83 bits per heavy atom. The lowest BCUT2D eigenvalue weighted by Gasteiger charge is -2.48. The van der Waals surface area contributed by atoms with E-state index in [-0.39, 0.29) is 12.5 Å². The maximum atomic E-state index is 12.6. The van der Waals surface area contributed by atoms with Crippen LogP contribution in [-0.4, -0.2) is 92.0 Å².